The van der Waals surface area contributed by atoms with Crippen LogP contribution in [0.15, 0.2) is 0 Å². The number of likely N-dealkylation sites (tertiary alicyclic amines) is 1. The molecule has 4 unspecified atom stereocenters. The zero-order valence-corrected chi connectivity index (χ0v) is 15.8. The first-order valence-electron chi connectivity index (χ1n) is 10.3. The van der Waals surface area contributed by atoms with Gasteiger partial charge in [-0.05, 0) is 44.9 Å². The van der Waals surface area contributed by atoms with E-state index >= 15 is 0 Å². The van der Waals surface area contributed by atoms with Crippen LogP contribution >= 0.6 is 0 Å². The molecule has 2 saturated carbocycles. The fourth-order valence-electron chi connectivity index (χ4n) is 5.18. The number of hydrogen-bond acceptors (Lipinski definition) is 3. The normalized spacial score (nSPS) is 30.5. The monoisotopic (exact) mass is 364 g/mol. The number of fused-ring (bicyclic) bond motifs is 1. The summed E-state index contributed by atoms with van der Waals surface area (Å²) in [7, 11) is 0. The number of nitrogens with one attached hydrogen (secondary N) is 1. The Morgan fingerprint density at radius 3 is 2.38 bits per heavy atom. The van der Waals surface area contributed by atoms with Gasteiger partial charge in [0.2, 0.25) is 11.8 Å². The average molecular weight is 364 g/mol. The van der Waals surface area contributed by atoms with Gasteiger partial charge in [0, 0.05) is 24.4 Å². The van der Waals surface area contributed by atoms with Gasteiger partial charge in [-0.25, -0.2) is 4.79 Å². The Morgan fingerprint density at radius 2 is 1.69 bits per heavy atom. The number of carboxylic acid groups (broad SMARTS) is 1. The van der Waals surface area contributed by atoms with E-state index in [9.17, 15) is 19.5 Å². The van der Waals surface area contributed by atoms with E-state index in [1.807, 2.05) is 6.92 Å². The van der Waals surface area contributed by atoms with Crippen LogP contribution in [0.4, 0.5) is 0 Å². The number of hydrogen-bond donors (Lipinski definition) is 2. The SMILES string of the molecule is CC(CC(=O)N1C(C(=O)O)CC2CCCCC21)NC(=O)C1CCCCC1. The van der Waals surface area contributed by atoms with Crippen molar-refractivity contribution in [3.05, 3.63) is 0 Å². The summed E-state index contributed by atoms with van der Waals surface area (Å²) in [6.45, 7) is 1.85. The number of carboxylic acids is 1. The van der Waals surface area contributed by atoms with Gasteiger partial charge in [0.25, 0.3) is 0 Å². The second-order valence-corrected chi connectivity index (χ2v) is 8.45. The van der Waals surface area contributed by atoms with E-state index in [0.717, 1.165) is 51.4 Å². The number of rotatable bonds is 5. The molecule has 6 nitrogen and oxygen atoms in total. The van der Waals surface area contributed by atoms with E-state index < -0.39 is 12.0 Å². The first-order chi connectivity index (χ1) is 12.5. The first-order valence-corrected chi connectivity index (χ1v) is 10.3. The van der Waals surface area contributed by atoms with E-state index in [2.05, 4.69) is 5.32 Å². The lowest BCUT2D eigenvalue weighted by Crippen LogP contribution is -2.48. The maximum absolute atomic E-state index is 12.9. The number of carbonyl (C=O) groups is 3. The maximum Gasteiger partial charge on any atom is 0.326 e. The lowest BCUT2D eigenvalue weighted by Gasteiger charge is -2.34. The third kappa shape index (κ3) is 4.21. The standard InChI is InChI=1S/C20H32N2O4/c1-13(21-19(24)14-7-3-2-4-8-14)11-18(23)22-16-10-6-5-9-15(16)12-17(22)20(25)26/h13-17H,2-12H2,1H3,(H,21,24)(H,25,26). The van der Waals surface area contributed by atoms with Crippen molar-refractivity contribution in [2.24, 2.45) is 11.8 Å². The van der Waals surface area contributed by atoms with Gasteiger partial charge >= 0.3 is 5.97 Å². The zero-order valence-electron chi connectivity index (χ0n) is 15.8. The van der Waals surface area contributed by atoms with E-state index in [4.69, 9.17) is 0 Å². The van der Waals surface area contributed by atoms with Crippen molar-refractivity contribution in [2.75, 3.05) is 0 Å². The van der Waals surface area contributed by atoms with Gasteiger partial charge in [0.1, 0.15) is 6.04 Å². The summed E-state index contributed by atoms with van der Waals surface area (Å²) in [5.41, 5.74) is 0. The van der Waals surface area contributed by atoms with Crippen molar-refractivity contribution < 1.29 is 19.5 Å². The molecule has 1 saturated heterocycles. The Morgan fingerprint density at radius 1 is 1.04 bits per heavy atom. The van der Waals surface area contributed by atoms with Gasteiger partial charge < -0.3 is 15.3 Å². The van der Waals surface area contributed by atoms with Crippen LogP contribution in [0.5, 0.6) is 0 Å². The Labute approximate surface area is 155 Å². The number of nitrogens with zero attached hydrogens (tertiary/aromatic N) is 1. The number of amides is 2. The summed E-state index contributed by atoms with van der Waals surface area (Å²) >= 11 is 0. The van der Waals surface area contributed by atoms with Crippen LogP contribution < -0.4 is 5.32 Å². The molecule has 3 fully saturated rings. The highest BCUT2D eigenvalue weighted by atomic mass is 16.4. The van der Waals surface area contributed by atoms with Crippen molar-refractivity contribution in [3.63, 3.8) is 0 Å². The van der Waals surface area contributed by atoms with Gasteiger partial charge in [-0.2, -0.15) is 0 Å². The Kier molecular flexibility index (Phi) is 6.20. The van der Waals surface area contributed by atoms with Crippen LogP contribution in [0, 0.1) is 11.8 Å². The molecule has 146 valence electrons. The minimum Gasteiger partial charge on any atom is -0.480 e. The fourth-order valence-corrected chi connectivity index (χ4v) is 5.18. The van der Waals surface area contributed by atoms with Gasteiger partial charge in [0.15, 0.2) is 0 Å². The molecule has 4 atom stereocenters. The molecule has 3 rings (SSSR count). The minimum atomic E-state index is -0.897. The average Bonchev–Trinajstić information content (AvgIpc) is 3.02. The Hall–Kier alpha value is -1.59. The summed E-state index contributed by atoms with van der Waals surface area (Å²) in [5, 5.41) is 12.6. The fraction of sp³-hybridized carbons (Fsp3) is 0.850. The van der Waals surface area contributed by atoms with Crippen molar-refractivity contribution in [1.29, 1.82) is 0 Å². The van der Waals surface area contributed by atoms with Crippen LogP contribution in [0.25, 0.3) is 0 Å². The number of carbonyl (C=O) groups excluding carboxylic acids is 2. The number of aliphatic carboxylic acids is 1. The molecule has 3 aliphatic rings. The summed E-state index contributed by atoms with van der Waals surface area (Å²) in [6, 6.07) is -0.885. The highest BCUT2D eigenvalue weighted by Crippen LogP contribution is 2.40. The minimum absolute atomic E-state index is 0.0525. The summed E-state index contributed by atoms with van der Waals surface area (Å²) < 4.78 is 0. The van der Waals surface area contributed by atoms with Crippen LogP contribution in [-0.2, 0) is 14.4 Å². The van der Waals surface area contributed by atoms with Crippen molar-refractivity contribution >= 4 is 17.8 Å². The topological polar surface area (TPSA) is 86.7 Å². The molecule has 1 aliphatic heterocycles. The van der Waals surface area contributed by atoms with Gasteiger partial charge in [-0.1, -0.05) is 32.1 Å². The highest BCUT2D eigenvalue weighted by molar-refractivity contribution is 5.86. The van der Waals surface area contributed by atoms with Crippen LogP contribution in [0.2, 0.25) is 0 Å². The molecular weight excluding hydrogens is 332 g/mol. The van der Waals surface area contributed by atoms with Crippen molar-refractivity contribution in [2.45, 2.75) is 95.7 Å². The van der Waals surface area contributed by atoms with Gasteiger partial charge in [-0.3, -0.25) is 9.59 Å². The van der Waals surface area contributed by atoms with E-state index in [1.165, 1.54) is 6.42 Å². The molecule has 0 aromatic rings. The molecule has 0 aromatic heterocycles. The Balaban J connectivity index is 1.58. The molecule has 6 heteroatoms. The van der Waals surface area contributed by atoms with Gasteiger partial charge in [0.05, 0.1) is 0 Å². The quantitative estimate of drug-likeness (QED) is 0.785. The molecule has 26 heavy (non-hydrogen) atoms. The molecular formula is C20H32N2O4. The van der Waals surface area contributed by atoms with E-state index in [1.54, 1.807) is 4.90 Å². The van der Waals surface area contributed by atoms with E-state index in [0.29, 0.717) is 12.3 Å². The molecule has 0 aromatic carbocycles. The molecule has 2 amide bonds. The predicted molar refractivity (Wildman–Crippen MR) is 97.4 cm³/mol. The molecule has 1 heterocycles. The lowest BCUT2D eigenvalue weighted by atomic mass is 9.84. The largest absolute Gasteiger partial charge is 0.480 e. The summed E-state index contributed by atoms with van der Waals surface area (Å²) in [5.74, 6) is -0.574. The van der Waals surface area contributed by atoms with Crippen molar-refractivity contribution in [3.8, 4) is 0 Å². The Bertz CT molecular complexity index is 544. The highest BCUT2D eigenvalue weighted by Gasteiger charge is 2.47. The van der Waals surface area contributed by atoms with Gasteiger partial charge in [-0.15, -0.1) is 0 Å². The maximum atomic E-state index is 12.9. The molecule has 2 aliphatic carbocycles. The summed E-state index contributed by atoms with van der Waals surface area (Å²) in [4.78, 5) is 38.6. The van der Waals surface area contributed by atoms with Crippen LogP contribution in [-0.4, -0.2) is 45.9 Å². The molecule has 0 spiro atoms. The molecule has 2 N–H and O–H groups in total. The van der Waals surface area contributed by atoms with Crippen LogP contribution in [0.1, 0.15) is 77.6 Å². The smallest absolute Gasteiger partial charge is 0.326 e. The molecule has 0 radical (unpaired) electrons. The second-order valence-electron chi connectivity index (χ2n) is 8.45. The summed E-state index contributed by atoms with van der Waals surface area (Å²) in [6.07, 6.45) is 10.1. The third-order valence-electron chi connectivity index (χ3n) is 6.51. The molecule has 0 bridgehead atoms. The van der Waals surface area contributed by atoms with E-state index in [-0.39, 0.29) is 36.2 Å². The van der Waals surface area contributed by atoms with Crippen molar-refractivity contribution in [1.82, 2.24) is 10.2 Å². The first kappa shape index (κ1) is 19.2. The lowest BCUT2D eigenvalue weighted by molar-refractivity contribution is -0.150. The second kappa shape index (κ2) is 8.40. The van der Waals surface area contributed by atoms with Crippen LogP contribution in [0.3, 0.4) is 0 Å². The zero-order chi connectivity index (χ0) is 18.7. The third-order valence-corrected chi connectivity index (χ3v) is 6.51. The predicted octanol–water partition coefficient (Wildman–Crippen LogP) is 2.71.